The fourth-order valence-electron chi connectivity index (χ4n) is 1.21. The molecule has 0 atom stereocenters. The van der Waals surface area contributed by atoms with Crippen LogP contribution in [0.1, 0.15) is 12.8 Å². The van der Waals surface area contributed by atoms with Crippen LogP contribution in [-0.4, -0.2) is 36.9 Å². The molecule has 1 heterocycles. The van der Waals surface area contributed by atoms with Gasteiger partial charge in [0, 0.05) is 13.1 Å². The van der Waals surface area contributed by atoms with Gasteiger partial charge in [-0.25, -0.2) is 13.8 Å². The highest BCUT2D eigenvalue weighted by Gasteiger charge is 2.13. The molecule has 0 aromatic rings. The van der Waals surface area contributed by atoms with Crippen molar-refractivity contribution in [1.29, 1.82) is 0 Å². The number of hydrogen-bond donors (Lipinski definition) is 1. The van der Waals surface area contributed by atoms with Gasteiger partial charge in [-0.2, -0.15) is 0 Å². The molecule has 0 bridgehead atoms. The Morgan fingerprint density at radius 1 is 1.42 bits per heavy atom. The molecule has 2 N–H and O–H groups in total. The molecule has 0 unspecified atom stereocenters. The number of guanidine groups is 1. The zero-order valence-electron chi connectivity index (χ0n) is 6.84. The molecule has 0 aliphatic carbocycles. The van der Waals surface area contributed by atoms with Crippen LogP contribution in [0.5, 0.6) is 0 Å². The molecule has 5 heteroatoms. The average molecular weight is 177 g/mol. The molecule has 0 aromatic heterocycles. The number of nitrogens with zero attached hydrogens (tertiary/aromatic N) is 2. The Balaban J connectivity index is 2.34. The van der Waals surface area contributed by atoms with E-state index < -0.39 is 13.0 Å². The van der Waals surface area contributed by atoms with Crippen LogP contribution in [0.3, 0.4) is 0 Å². The highest BCUT2D eigenvalue weighted by molar-refractivity contribution is 5.78. The SMILES string of the molecule is NC(=NCC(F)F)N1CCCC1. The van der Waals surface area contributed by atoms with Crippen LogP contribution >= 0.6 is 0 Å². The molecule has 1 aliphatic rings. The molecule has 70 valence electrons. The van der Waals surface area contributed by atoms with Gasteiger partial charge in [0.2, 0.25) is 0 Å². The molecule has 0 saturated carbocycles. The second-order valence-electron chi connectivity index (χ2n) is 2.78. The first-order valence-electron chi connectivity index (χ1n) is 4.03. The van der Waals surface area contributed by atoms with Crippen LogP contribution in [-0.2, 0) is 0 Å². The fraction of sp³-hybridized carbons (Fsp3) is 0.857. The summed E-state index contributed by atoms with van der Waals surface area (Å²) in [5, 5.41) is 0. The molecule has 1 saturated heterocycles. The van der Waals surface area contributed by atoms with Crippen LogP contribution in [0.4, 0.5) is 8.78 Å². The monoisotopic (exact) mass is 177 g/mol. The molecular formula is C7H13F2N3. The molecule has 0 radical (unpaired) electrons. The number of halogens is 2. The van der Waals surface area contributed by atoms with E-state index >= 15 is 0 Å². The molecule has 12 heavy (non-hydrogen) atoms. The van der Waals surface area contributed by atoms with Crippen LogP contribution in [0, 0.1) is 0 Å². The molecule has 0 spiro atoms. The van der Waals surface area contributed by atoms with Gasteiger partial charge in [0.05, 0.1) is 0 Å². The topological polar surface area (TPSA) is 41.6 Å². The van der Waals surface area contributed by atoms with Gasteiger partial charge < -0.3 is 10.6 Å². The maximum Gasteiger partial charge on any atom is 0.257 e. The summed E-state index contributed by atoms with van der Waals surface area (Å²) in [6, 6.07) is 0. The van der Waals surface area contributed by atoms with E-state index in [1.165, 1.54) is 0 Å². The second kappa shape index (κ2) is 4.23. The summed E-state index contributed by atoms with van der Waals surface area (Å²) in [5.41, 5.74) is 5.47. The lowest BCUT2D eigenvalue weighted by Gasteiger charge is -2.15. The van der Waals surface area contributed by atoms with Crippen LogP contribution in [0.25, 0.3) is 0 Å². The minimum absolute atomic E-state index is 0.257. The quantitative estimate of drug-likeness (QED) is 0.497. The average Bonchev–Trinajstić information content (AvgIpc) is 2.51. The molecule has 1 aliphatic heterocycles. The van der Waals surface area contributed by atoms with Gasteiger partial charge in [0.25, 0.3) is 6.43 Å². The summed E-state index contributed by atoms with van der Waals surface area (Å²) < 4.78 is 23.4. The standard InChI is InChI=1S/C7H13F2N3/c8-6(9)5-11-7(10)12-3-1-2-4-12/h6H,1-5H2,(H2,10,11). The lowest BCUT2D eigenvalue weighted by Crippen LogP contribution is -2.35. The Labute approximate surface area is 70.2 Å². The highest BCUT2D eigenvalue weighted by Crippen LogP contribution is 2.06. The maximum atomic E-state index is 11.7. The van der Waals surface area contributed by atoms with E-state index in [2.05, 4.69) is 4.99 Å². The van der Waals surface area contributed by atoms with Gasteiger partial charge in [0.1, 0.15) is 6.54 Å². The number of hydrogen-bond acceptors (Lipinski definition) is 1. The van der Waals surface area contributed by atoms with Gasteiger partial charge in [-0.1, -0.05) is 0 Å². The summed E-state index contributed by atoms with van der Waals surface area (Å²) in [6.45, 7) is 1.21. The zero-order chi connectivity index (χ0) is 8.97. The van der Waals surface area contributed by atoms with E-state index in [4.69, 9.17) is 5.73 Å². The predicted octanol–water partition coefficient (Wildman–Crippen LogP) is 0.662. The van der Waals surface area contributed by atoms with Gasteiger partial charge in [0.15, 0.2) is 5.96 Å². The Morgan fingerprint density at radius 2 is 2.00 bits per heavy atom. The van der Waals surface area contributed by atoms with E-state index in [0.29, 0.717) is 0 Å². The smallest absolute Gasteiger partial charge is 0.257 e. The van der Waals surface area contributed by atoms with E-state index in [-0.39, 0.29) is 5.96 Å². The number of rotatable bonds is 2. The molecule has 0 amide bonds. The zero-order valence-corrected chi connectivity index (χ0v) is 6.84. The number of alkyl halides is 2. The fourth-order valence-corrected chi connectivity index (χ4v) is 1.21. The number of nitrogens with two attached hydrogens (primary N) is 1. The Hall–Kier alpha value is -0.870. The van der Waals surface area contributed by atoms with Crippen molar-refractivity contribution in [2.45, 2.75) is 19.3 Å². The lowest BCUT2D eigenvalue weighted by atomic mass is 10.4. The molecule has 0 aromatic carbocycles. The van der Waals surface area contributed by atoms with Crippen molar-refractivity contribution in [3.05, 3.63) is 0 Å². The third-order valence-electron chi connectivity index (χ3n) is 1.82. The Kier molecular flexibility index (Phi) is 3.25. The molecule has 1 fully saturated rings. The lowest BCUT2D eigenvalue weighted by molar-refractivity contribution is 0.158. The van der Waals surface area contributed by atoms with Crippen molar-refractivity contribution in [2.24, 2.45) is 10.7 Å². The molecule has 1 rings (SSSR count). The number of likely N-dealkylation sites (tertiary alicyclic amines) is 1. The Bertz CT molecular complexity index is 164. The van der Waals surface area contributed by atoms with E-state index in [1.54, 1.807) is 0 Å². The summed E-state index contributed by atoms with van der Waals surface area (Å²) in [5.74, 6) is 0.257. The van der Waals surface area contributed by atoms with E-state index in [9.17, 15) is 8.78 Å². The van der Waals surface area contributed by atoms with Crippen LogP contribution in [0.2, 0.25) is 0 Å². The largest absolute Gasteiger partial charge is 0.370 e. The second-order valence-corrected chi connectivity index (χ2v) is 2.78. The molecular weight excluding hydrogens is 164 g/mol. The number of aliphatic imine (C=N–C) groups is 1. The van der Waals surface area contributed by atoms with Gasteiger partial charge in [-0.3, -0.25) is 0 Å². The van der Waals surface area contributed by atoms with Crippen LogP contribution < -0.4 is 5.73 Å². The van der Waals surface area contributed by atoms with Gasteiger partial charge >= 0.3 is 0 Å². The van der Waals surface area contributed by atoms with Gasteiger partial charge in [-0.05, 0) is 12.8 Å². The third kappa shape index (κ3) is 2.64. The van der Waals surface area contributed by atoms with E-state index in [0.717, 1.165) is 25.9 Å². The van der Waals surface area contributed by atoms with Crippen molar-refractivity contribution >= 4 is 5.96 Å². The van der Waals surface area contributed by atoms with Crippen molar-refractivity contribution in [2.75, 3.05) is 19.6 Å². The minimum atomic E-state index is -2.40. The van der Waals surface area contributed by atoms with Crippen molar-refractivity contribution in [1.82, 2.24) is 4.90 Å². The summed E-state index contributed by atoms with van der Waals surface area (Å²) in [7, 11) is 0. The summed E-state index contributed by atoms with van der Waals surface area (Å²) >= 11 is 0. The van der Waals surface area contributed by atoms with Gasteiger partial charge in [-0.15, -0.1) is 0 Å². The normalized spacial score (nSPS) is 19.2. The highest BCUT2D eigenvalue weighted by atomic mass is 19.3. The maximum absolute atomic E-state index is 11.7. The first kappa shape index (κ1) is 9.22. The first-order chi connectivity index (χ1) is 5.70. The first-order valence-corrected chi connectivity index (χ1v) is 4.03. The summed E-state index contributed by atoms with van der Waals surface area (Å²) in [6.07, 6.45) is -0.248. The van der Waals surface area contributed by atoms with Crippen molar-refractivity contribution < 1.29 is 8.78 Å². The van der Waals surface area contributed by atoms with E-state index in [1.807, 2.05) is 4.90 Å². The Morgan fingerprint density at radius 3 is 2.50 bits per heavy atom. The summed E-state index contributed by atoms with van der Waals surface area (Å²) in [4.78, 5) is 5.41. The van der Waals surface area contributed by atoms with Crippen molar-refractivity contribution in [3.63, 3.8) is 0 Å². The predicted molar refractivity (Wildman–Crippen MR) is 43.3 cm³/mol. The van der Waals surface area contributed by atoms with Crippen LogP contribution in [0.15, 0.2) is 4.99 Å². The minimum Gasteiger partial charge on any atom is -0.370 e. The molecule has 3 nitrogen and oxygen atoms in total. The van der Waals surface area contributed by atoms with Crippen molar-refractivity contribution in [3.8, 4) is 0 Å². The third-order valence-corrected chi connectivity index (χ3v) is 1.82.